The third kappa shape index (κ3) is 3.40. The minimum atomic E-state index is -0.207. The summed E-state index contributed by atoms with van der Waals surface area (Å²) in [5.41, 5.74) is 8.33. The number of benzene rings is 1. The molecule has 0 aliphatic heterocycles. The van der Waals surface area contributed by atoms with E-state index in [0.717, 1.165) is 18.4 Å². The van der Waals surface area contributed by atoms with Crippen LogP contribution in [0.4, 0.5) is 0 Å². The third-order valence-electron chi connectivity index (χ3n) is 3.63. The van der Waals surface area contributed by atoms with Crippen molar-refractivity contribution in [2.45, 2.75) is 51.0 Å². The Bertz CT molecular complexity index is 405. The summed E-state index contributed by atoms with van der Waals surface area (Å²) in [6.45, 7) is 2.05. The fourth-order valence-corrected chi connectivity index (χ4v) is 2.76. The number of carbonyl (C=O) groups excluding carboxylic acids is 1. The zero-order valence-corrected chi connectivity index (χ0v) is 10.5. The first-order chi connectivity index (χ1) is 8.07. The zero-order valence-electron chi connectivity index (χ0n) is 10.5. The van der Waals surface area contributed by atoms with Crippen molar-refractivity contribution < 1.29 is 4.79 Å². The highest BCUT2D eigenvalue weighted by Crippen LogP contribution is 2.30. The Morgan fingerprint density at radius 1 is 1.35 bits per heavy atom. The van der Waals surface area contributed by atoms with E-state index < -0.39 is 0 Å². The van der Waals surface area contributed by atoms with Gasteiger partial charge in [0.15, 0.2) is 0 Å². The topological polar surface area (TPSA) is 43.1 Å². The monoisotopic (exact) mass is 231 g/mol. The van der Waals surface area contributed by atoms with Gasteiger partial charge in [-0.15, -0.1) is 0 Å². The Morgan fingerprint density at radius 2 is 2.06 bits per heavy atom. The number of Topliss-reactive ketones (excluding diaryl/α,β-unsaturated/α-hetero) is 1. The number of aryl methyl sites for hydroxylation is 1. The summed E-state index contributed by atoms with van der Waals surface area (Å²) < 4.78 is 0. The van der Waals surface area contributed by atoms with E-state index in [1.165, 1.54) is 18.4 Å². The molecule has 0 amide bonds. The van der Waals surface area contributed by atoms with Crippen molar-refractivity contribution in [2.75, 3.05) is 0 Å². The van der Waals surface area contributed by atoms with Gasteiger partial charge in [0.05, 0.1) is 0 Å². The van der Waals surface area contributed by atoms with Crippen LogP contribution in [0.3, 0.4) is 0 Å². The predicted octanol–water partition coefficient (Wildman–Crippen LogP) is 2.77. The molecule has 2 heteroatoms. The number of hydrogen-bond acceptors (Lipinski definition) is 2. The van der Waals surface area contributed by atoms with Gasteiger partial charge in [0.25, 0.3) is 0 Å². The lowest BCUT2D eigenvalue weighted by molar-refractivity contribution is -0.119. The second-order valence-electron chi connectivity index (χ2n) is 5.45. The van der Waals surface area contributed by atoms with Crippen LogP contribution in [-0.2, 0) is 11.2 Å². The van der Waals surface area contributed by atoms with Crippen molar-refractivity contribution in [3.63, 3.8) is 0 Å². The Hall–Kier alpha value is -1.15. The number of nitrogens with two attached hydrogens (primary N) is 1. The summed E-state index contributed by atoms with van der Waals surface area (Å²) in [5, 5.41) is 0. The maximum Gasteiger partial charge on any atom is 0.139 e. The number of ketones is 1. The van der Waals surface area contributed by atoms with Gasteiger partial charge in [-0.25, -0.2) is 0 Å². The maximum absolute atomic E-state index is 12.0. The van der Waals surface area contributed by atoms with E-state index in [-0.39, 0.29) is 11.3 Å². The van der Waals surface area contributed by atoms with E-state index in [4.69, 9.17) is 5.73 Å². The van der Waals surface area contributed by atoms with E-state index in [1.807, 2.05) is 12.1 Å². The van der Waals surface area contributed by atoms with E-state index >= 15 is 0 Å². The van der Waals surface area contributed by atoms with Crippen LogP contribution >= 0.6 is 0 Å². The van der Waals surface area contributed by atoms with E-state index in [9.17, 15) is 4.79 Å². The van der Waals surface area contributed by atoms with Gasteiger partial charge in [-0.05, 0) is 25.3 Å². The van der Waals surface area contributed by atoms with Gasteiger partial charge >= 0.3 is 0 Å². The van der Waals surface area contributed by atoms with Crippen molar-refractivity contribution in [2.24, 2.45) is 5.73 Å². The van der Waals surface area contributed by atoms with Crippen molar-refractivity contribution in [3.8, 4) is 0 Å². The largest absolute Gasteiger partial charge is 0.325 e. The summed E-state index contributed by atoms with van der Waals surface area (Å²) in [6, 6.07) is 8.15. The minimum Gasteiger partial charge on any atom is -0.325 e. The Morgan fingerprint density at radius 3 is 2.71 bits per heavy atom. The highest BCUT2D eigenvalue weighted by atomic mass is 16.1. The van der Waals surface area contributed by atoms with Crippen LogP contribution in [0.25, 0.3) is 0 Å². The Balaban J connectivity index is 1.93. The summed E-state index contributed by atoms with van der Waals surface area (Å²) in [7, 11) is 0. The van der Waals surface area contributed by atoms with Crippen molar-refractivity contribution in [1.29, 1.82) is 0 Å². The summed E-state index contributed by atoms with van der Waals surface area (Å²) in [4.78, 5) is 12.0. The lowest BCUT2D eigenvalue weighted by Gasteiger charge is -2.22. The molecule has 2 nitrogen and oxygen atoms in total. The molecule has 0 bridgehead atoms. The van der Waals surface area contributed by atoms with Crippen molar-refractivity contribution in [1.82, 2.24) is 0 Å². The molecule has 0 unspecified atom stereocenters. The average molecular weight is 231 g/mol. The number of hydrogen-bond donors (Lipinski definition) is 1. The lowest BCUT2D eigenvalue weighted by Crippen LogP contribution is -2.39. The second-order valence-corrected chi connectivity index (χ2v) is 5.45. The van der Waals surface area contributed by atoms with Crippen molar-refractivity contribution >= 4 is 5.78 Å². The SMILES string of the molecule is Cc1cccc(CC(=O)CC2(N)CCCC2)c1. The van der Waals surface area contributed by atoms with Gasteiger partial charge in [-0.3, -0.25) is 4.79 Å². The van der Waals surface area contributed by atoms with Gasteiger partial charge in [0, 0.05) is 18.4 Å². The lowest BCUT2D eigenvalue weighted by atomic mass is 9.90. The first-order valence-corrected chi connectivity index (χ1v) is 6.44. The molecule has 0 spiro atoms. The average Bonchev–Trinajstić information content (AvgIpc) is 2.64. The molecule has 1 aromatic rings. The van der Waals surface area contributed by atoms with Crippen LogP contribution in [-0.4, -0.2) is 11.3 Å². The third-order valence-corrected chi connectivity index (χ3v) is 3.63. The molecule has 2 rings (SSSR count). The van der Waals surface area contributed by atoms with Crippen LogP contribution in [0.1, 0.15) is 43.2 Å². The molecule has 1 fully saturated rings. The predicted molar refractivity (Wildman–Crippen MR) is 69.9 cm³/mol. The fraction of sp³-hybridized carbons (Fsp3) is 0.533. The minimum absolute atomic E-state index is 0.207. The maximum atomic E-state index is 12.0. The zero-order chi connectivity index (χ0) is 12.3. The molecule has 0 heterocycles. The van der Waals surface area contributed by atoms with Crippen LogP contribution < -0.4 is 5.73 Å². The van der Waals surface area contributed by atoms with Gasteiger partial charge in [0.1, 0.15) is 5.78 Å². The van der Waals surface area contributed by atoms with Crippen LogP contribution in [0.5, 0.6) is 0 Å². The summed E-state index contributed by atoms with van der Waals surface area (Å²) in [5.74, 6) is 0.278. The number of carbonyl (C=O) groups is 1. The van der Waals surface area contributed by atoms with Crippen LogP contribution in [0, 0.1) is 6.92 Å². The summed E-state index contributed by atoms with van der Waals surface area (Å²) in [6.07, 6.45) is 5.43. The first kappa shape index (κ1) is 12.3. The molecule has 1 aliphatic carbocycles. The van der Waals surface area contributed by atoms with Gasteiger partial charge in [0.2, 0.25) is 0 Å². The van der Waals surface area contributed by atoms with E-state index in [0.29, 0.717) is 12.8 Å². The number of rotatable bonds is 4. The Labute approximate surface area is 103 Å². The van der Waals surface area contributed by atoms with E-state index in [2.05, 4.69) is 19.1 Å². The molecule has 0 radical (unpaired) electrons. The standard InChI is InChI=1S/C15H21NO/c1-12-5-4-6-13(9-12)10-14(17)11-15(16)7-2-3-8-15/h4-6,9H,2-3,7-8,10-11,16H2,1H3. The molecular weight excluding hydrogens is 210 g/mol. The first-order valence-electron chi connectivity index (χ1n) is 6.44. The molecule has 1 aliphatic rings. The normalized spacial score (nSPS) is 18.2. The molecule has 0 atom stereocenters. The molecule has 92 valence electrons. The smallest absolute Gasteiger partial charge is 0.139 e. The quantitative estimate of drug-likeness (QED) is 0.866. The molecule has 0 saturated heterocycles. The fourth-order valence-electron chi connectivity index (χ4n) is 2.76. The highest BCUT2D eigenvalue weighted by Gasteiger charge is 2.31. The molecule has 1 saturated carbocycles. The molecule has 2 N–H and O–H groups in total. The van der Waals surface area contributed by atoms with Crippen LogP contribution in [0.2, 0.25) is 0 Å². The van der Waals surface area contributed by atoms with Gasteiger partial charge < -0.3 is 5.73 Å². The van der Waals surface area contributed by atoms with Gasteiger partial charge in [-0.1, -0.05) is 42.7 Å². The highest BCUT2D eigenvalue weighted by molar-refractivity contribution is 5.82. The molecule has 0 aromatic heterocycles. The molecule has 17 heavy (non-hydrogen) atoms. The van der Waals surface area contributed by atoms with Crippen LogP contribution in [0.15, 0.2) is 24.3 Å². The van der Waals surface area contributed by atoms with Gasteiger partial charge in [-0.2, -0.15) is 0 Å². The van der Waals surface area contributed by atoms with E-state index in [1.54, 1.807) is 0 Å². The molecule has 1 aromatic carbocycles. The summed E-state index contributed by atoms with van der Waals surface area (Å²) >= 11 is 0. The Kier molecular flexibility index (Phi) is 3.63. The molecular formula is C15H21NO. The second kappa shape index (κ2) is 5.01. The van der Waals surface area contributed by atoms with Crippen molar-refractivity contribution in [3.05, 3.63) is 35.4 Å².